The van der Waals surface area contributed by atoms with Gasteiger partial charge in [-0.3, -0.25) is 0 Å². The summed E-state index contributed by atoms with van der Waals surface area (Å²) in [5.41, 5.74) is 0. The number of methoxy groups -OCH3 is 3. The normalized spacial score (nSPS) is 19.8. The molecular weight excluding hydrogens is 256 g/mol. The standard InChI is InChI=1S/C11H24O6Si/c1-12-9-11(13-2,14-3)17-18-6-4-5-15-7-10-8-16-10/h10H,4-9,18H2,1-3H3. The molecular formula is C11H24O6Si. The Kier molecular flexibility index (Phi) is 7.99. The van der Waals surface area contributed by atoms with E-state index in [9.17, 15) is 0 Å². The van der Waals surface area contributed by atoms with Gasteiger partial charge in [0.25, 0.3) is 5.97 Å². The summed E-state index contributed by atoms with van der Waals surface area (Å²) in [5, 5.41) is 0. The van der Waals surface area contributed by atoms with E-state index in [4.69, 9.17) is 28.1 Å². The molecule has 0 N–H and O–H groups in total. The zero-order valence-electron chi connectivity index (χ0n) is 11.5. The SMILES string of the molecule is COCC(OC)(OC)O[SiH2]CCCOCC1CO1. The highest BCUT2D eigenvalue weighted by Crippen LogP contribution is 2.14. The van der Waals surface area contributed by atoms with Gasteiger partial charge >= 0.3 is 0 Å². The van der Waals surface area contributed by atoms with Gasteiger partial charge in [0.05, 0.1) is 13.2 Å². The van der Waals surface area contributed by atoms with E-state index in [1.54, 1.807) is 21.3 Å². The smallest absolute Gasteiger partial charge is 0.297 e. The molecule has 0 aromatic carbocycles. The average molecular weight is 280 g/mol. The van der Waals surface area contributed by atoms with Crippen LogP contribution in [0.1, 0.15) is 6.42 Å². The van der Waals surface area contributed by atoms with E-state index in [2.05, 4.69) is 0 Å². The van der Waals surface area contributed by atoms with E-state index in [0.29, 0.717) is 12.7 Å². The van der Waals surface area contributed by atoms with Crippen molar-refractivity contribution < 1.29 is 28.1 Å². The van der Waals surface area contributed by atoms with Crippen LogP contribution in [0.25, 0.3) is 0 Å². The fourth-order valence-corrected chi connectivity index (χ4v) is 2.63. The lowest BCUT2D eigenvalue weighted by atomic mass is 10.5. The summed E-state index contributed by atoms with van der Waals surface area (Å²) in [7, 11) is 3.98. The third-order valence-electron chi connectivity index (χ3n) is 2.65. The van der Waals surface area contributed by atoms with Crippen molar-refractivity contribution >= 4 is 9.76 Å². The van der Waals surface area contributed by atoms with E-state index in [0.717, 1.165) is 25.7 Å². The van der Waals surface area contributed by atoms with Crippen LogP contribution in [-0.2, 0) is 28.1 Å². The molecule has 1 fully saturated rings. The van der Waals surface area contributed by atoms with E-state index in [1.165, 1.54) is 0 Å². The second-order valence-corrected chi connectivity index (χ2v) is 5.51. The molecule has 1 atom stereocenters. The van der Waals surface area contributed by atoms with Crippen molar-refractivity contribution in [1.82, 2.24) is 0 Å². The molecule has 0 aromatic rings. The van der Waals surface area contributed by atoms with Crippen molar-refractivity contribution in [2.75, 3.05) is 47.8 Å². The van der Waals surface area contributed by atoms with Gasteiger partial charge in [-0.2, -0.15) is 0 Å². The van der Waals surface area contributed by atoms with Gasteiger partial charge in [0.1, 0.15) is 12.7 Å². The predicted molar refractivity (Wildman–Crippen MR) is 68.2 cm³/mol. The molecule has 0 amide bonds. The van der Waals surface area contributed by atoms with E-state index >= 15 is 0 Å². The number of rotatable bonds is 12. The van der Waals surface area contributed by atoms with Crippen molar-refractivity contribution in [2.45, 2.75) is 24.5 Å². The summed E-state index contributed by atoms with van der Waals surface area (Å²) in [5.74, 6) is -1.04. The van der Waals surface area contributed by atoms with E-state index in [1.807, 2.05) is 0 Å². The summed E-state index contributed by atoms with van der Waals surface area (Å²) in [6, 6.07) is 1.02. The Morgan fingerprint density at radius 1 is 1.28 bits per heavy atom. The van der Waals surface area contributed by atoms with Gasteiger partial charge in [0.2, 0.25) is 0 Å². The minimum absolute atomic E-state index is 0.266. The molecule has 0 bridgehead atoms. The maximum absolute atomic E-state index is 5.70. The molecule has 0 radical (unpaired) electrons. The zero-order chi connectivity index (χ0) is 13.3. The summed E-state index contributed by atoms with van der Waals surface area (Å²) >= 11 is 0. The lowest BCUT2D eigenvalue weighted by molar-refractivity contribution is -0.339. The molecule has 1 heterocycles. The fraction of sp³-hybridized carbons (Fsp3) is 1.00. The van der Waals surface area contributed by atoms with Crippen LogP contribution in [0.3, 0.4) is 0 Å². The Morgan fingerprint density at radius 2 is 2.00 bits per heavy atom. The molecule has 18 heavy (non-hydrogen) atoms. The van der Waals surface area contributed by atoms with Crippen LogP contribution in [0.15, 0.2) is 0 Å². The Bertz CT molecular complexity index is 208. The molecule has 1 unspecified atom stereocenters. The van der Waals surface area contributed by atoms with E-state index < -0.39 is 15.7 Å². The molecule has 1 saturated heterocycles. The second-order valence-electron chi connectivity index (χ2n) is 4.11. The molecule has 108 valence electrons. The van der Waals surface area contributed by atoms with Gasteiger partial charge in [0.15, 0.2) is 9.76 Å². The molecule has 1 aliphatic rings. The molecule has 6 nitrogen and oxygen atoms in total. The Labute approximate surface area is 111 Å². The molecule has 7 heteroatoms. The van der Waals surface area contributed by atoms with Gasteiger partial charge in [-0.05, 0) is 12.5 Å². The topological polar surface area (TPSA) is 58.7 Å². The molecule has 0 spiro atoms. The fourth-order valence-electron chi connectivity index (χ4n) is 1.45. The quantitative estimate of drug-likeness (QED) is 0.215. The summed E-state index contributed by atoms with van der Waals surface area (Å²) in [6.45, 7) is 2.58. The van der Waals surface area contributed by atoms with Crippen molar-refractivity contribution in [2.24, 2.45) is 0 Å². The van der Waals surface area contributed by atoms with Crippen LogP contribution in [0.2, 0.25) is 6.04 Å². The maximum Gasteiger partial charge on any atom is 0.297 e. The number of ether oxygens (including phenoxy) is 5. The van der Waals surface area contributed by atoms with Crippen molar-refractivity contribution in [3.05, 3.63) is 0 Å². The summed E-state index contributed by atoms with van der Waals surface area (Å²) < 4.78 is 31.6. The summed E-state index contributed by atoms with van der Waals surface area (Å²) in [6.07, 6.45) is 1.34. The van der Waals surface area contributed by atoms with Crippen LogP contribution in [0.5, 0.6) is 0 Å². The first kappa shape index (κ1) is 16.0. The second kappa shape index (κ2) is 8.97. The van der Waals surface area contributed by atoms with Crippen LogP contribution in [0.4, 0.5) is 0 Å². The number of epoxide rings is 1. The Hall–Kier alpha value is -0.0231. The highest BCUT2D eigenvalue weighted by molar-refractivity contribution is 6.27. The molecule has 0 aromatic heterocycles. The van der Waals surface area contributed by atoms with Gasteiger partial charge in [0, 0.05) is 27.9 Å². The van der Waals surface area contributed by atoms with Gasteiger partial charge in [-0.15, -0.1) is 0 Å². The molecule has 0 aliphatic carbocycles. The molecule has 0 saturated carbocycles. The number of hydrogen-bond acceptors (Lipinski definition) is 6. The van der Waals surface area contributed by atoms with Crippen LogP contribution in [0, 0.1) is 0 Å². The van der Waals surface area contributed by atoms with Crippen molar-refractivity contribution in [1.29, 1.82) is 0 Å². The average Bonchev–Trinajstić information content (AvgIpc) is 3.20. The first-order valence-corrected chi connectivity index (χ1v) is 7.76. The van der Waals surface area contributed by atoms with Gasteiger partial charge in [-0.25, -0.2) is 0 Å². The largest absolute Gasteiger partial charge is 0.379 e. The van der Waals surface area contributed by atoms with E-state index in [-0.39, 0.29) is 6.61 Å². The van der Waals surface area contributed by atoms with Crippen LogP contribution >= 0.6 is 0 Å². The predicted octanol–water partition coefficient (Wildman–Crippen LogP) is -0.0964. The lowest BCUT2D eigenvalue weighted by Crippen LogP contribution is -2.42. The highest BCUT2D eigenvalue weighted by atomic mass is 28.2. The third kappa shape index (κ3) is 6.23. The maximum atomic E-state index is 5.70. The van der Waals surface area contributed by atoms with Crippen LogP contribution < -0.4 is 0 Å². The lowest BCUT2D eigenvalue weighted by Gasteiger charge is -2.29. The van der Waals surface area contributed by atoms with Crippen molar-refractivity contribution in [3.8, 4) is 0 Å². The third-order valence-corrected chi connectivity index (χ3v) is 4.09. The minimum atomic E-state index is -1.04. The first-order valence-electron chi connectivity index (χ1n) is 6.19. The monoisotopic (exact) mass is 280 g/mol. The molecule has 1 rings (SSSR count). The van der Waals surface area contributed by atoms with Crippen molar-refractivity contribution in [3.63, 3.8) is 0 Å². The van der Waals surface area contributed by atoms with Crippen LogP contribution in [-0.4, -0.2) is 69.6 Å². The van der Waals surface area contributed by atoms with Gasteiger partial charge in [-0.1, -0.05) is 0 Å². The molecule has 1 aliphatic heterocycles. The first-order chi connectivity index (χ1) is 8.76. The Balaban J connectivity index is 1.99. The summed E-state index contributed by atoms with van der Waals surface area (Å²) in [4.78, 5) is 0. The number of hydrogen-bond donors (Lipinski definition) is 0. The van der Waals surface area contributed by atoms with Gasteiger partial charge < -0.3 is 28.1 Å². The zero-order valence-corrected chi connectivity index (χ0v) is 12.9. The Morgan fingerprint density at radius 3 is 2.56 bits per heavy atom. The highest BCUT2D eigenvalue weighted by Gasteiger charge is 2.30. The minimum Gasteiger partial charge on any atom is -0.379 e.